The third-order valence-electron chi connectivity index (χ3n) is 4.04. The zero-order valence-corrected chi connectivity index (χ0v) is 13.8. The number of nitrogens with zero attached hydrogens (tertiary/aromatic N) is 1. The molecular weight excluding hydrogens is 355 g/mol. The van der Waals surface area contributed by atoms with Crippen LogP contribution in [0.3, 0.4) is 0 Å². The molecule has 0 aromatic heterocycles. The van der Waals surface area contributed by atoms with Gasteiger partial charge in [0.05, 0.1) is 18.7 Å². The quantitative estimate of drug-likeness (QED) is 0.776. The molecule has 0 aliphatic carbocycles. The van der Waals surface area contributed by atoms with E-state index in [0.29, 0.717) is 29.3 Å². The summed E-state index contributed by atoms with van der Waals surface area (Å²) in [4.78, 5) is 14.2. The Morgan fingerprint density at radius 3 is 2.52 bits per heavy atom. The lowest BCUT2D eigenvalue weighted by Gasteiger charge is -2.33. The molecule has 0 bridgehead atoms. The van der Waals surface area contributed by atoms with Crippen molar-refractivity contribution in [3.63, 3.8) is 0 Å². The van der Waals surface area contributed by atoms with Gasteiger partial charge in [0.2, 0.25) is 0 Å². The Balaban J connectivity index is 1.74. The Labute approximate surface area is 148 Å². The molecular formula is C18H15ClF3NO2. The summed E-state index contributed by atoms with van der Waals surface area (Å²) in [7, 11) is 0. The summed E-state index contributed by atoms with van der Waals surface area (Å²) in [5, 5.41) is 0.471. The van der Waals surface area contributed by atoms with Crippen LogP contribution in [-0.2, 0) is 10.9 Å². The number of rotatable bonds is 2. The lowest BCUT2D eigenvalue weighted by atomic mass is 10.0. The number of carbonyl (C=O) groups excluding carboxylic acids is 1. The van der Waals surface area contributed by atoms with E-state index in [4.69, 9.17) is 16.3 Å². The van der Waals surface area contributed by atoms with Crippen molar-refractivity contribution in [2.45, 2.75) is 12.3 Å². The van der Waals surface area contributed by atoms with Crippen molar-refractivity contribution in [1.29, 1.82) is 0 Å². The molecule has 1 saturated heterocycles. The van der Waals surface area contributed by atoms with Gasteiger partial charge in [0.1, 0.15) is 6.10 Å². The fourth-order valence-corrected chi connectivity index (χ4v) is 2.92. The second kappa shape index (κ2) is 7.06. The zero-order valence-electron chi connectivity index (χ0n) is 13.1. The maximum atomic E-state index is 12.7. The molecule has 0 spiro atoms. The van der Waals surface area contributed by atoms with Crippen molar-refractivity contribution in [3.8, 4) is 0 Å². The highest BCUT2D eigenvalue weighted by atomic mass is 35.5. The summed E-state index contributed by atoms with van der Waals surface area (Å²) >= 11 is 5.92. The Bertz CT molecular complexity index is 762. The van der Waals surface area contributed by atoms with E-state index in [1.807, 2.05) is 0 Å². The molecule has 2 aromatic carbocycles. The van der Waals surface area contributed by atoms with E-state index in [1.54, 1.807) is 29.2 Å². The second-order valence-electron chi connectivity index (χ2n) is 5.74. The van der Waals surface area contributed by atoms with E-state index >= 15 is 0 Å². The number of hydrogen-bond acceptors (Lipinski definition) is 2. The highest BCUT2D eigenvalue weighted by molar-refractivity contribution is 6.30. The Hall–Kier alpha value is -2.05. The molecule has 1 atom stereocenters. The minimum Gasteiger partial charge on any atom is -0.370 e. The van der Waals surface area contributed by atoms with Crippen LogP contribution in [0, 0.1) is 0 Å². The Morgan fingerprint density at radius 2 is 1.88 bits per heavy atom. The first-order valence-corrected chi connectivity index (χ1v) is 8.06. The molecule has 0 unspecified atom stereocenters. The van der Waals surface area contributed by atoms with Crippen molar-refractivity contribution in [1.82, 2.24) is 4.90 Å². The molecule has 1 fully saturated rings. The van der Waals surface area contributed by atoms with Gasteiger partial charge in [0, 0.05) is 17.1 Å². The van der Waals surface area contributed by atoms with Crippen molar-refractivity contribution < 1.29 is 22.7 Å². The first-order chi connectivity index (χ1) is 11.8. The SMILES string of the molecule is O=C(c1cccc(Cl)c1)N1CCO[C@@H](c2ccc(C(F)(F)F)cc2)C1. The van der Waals surface area contributed by atoms with Gasteiger partial charge in [-0.05, 0) is 35.9 Å². The summed E-state index contributed by atoms with van der Waals surface area (Å²) in [5.41, 5.74) is 0.371. The average molecular weight is 370 g/mol. The third kappa shape index (κ3) is 4.14. The molecule has 0 radical (unpaired) electrons. The van der Waals surface area contributed by atoms with Gasteiger partial charge < -0.3 is 9.64 Å². The molecule has 2 aromatic rings. The predicted octanol–water partition coefficient (Wildman–Crippen LogP) is 4.57. The molecule has 1 aliphatic rings. The standard InChI is InChI=1S/C18H15ClF3NO2/c19-15-3-1-2-13(10-15)17(24)23-8-9-25-16(11-23)12-4-6-14(7-5-12)18(20,21)22/h1-7,10,16H,8-9,11H2/t16-/m1/s1. The van der Waals surface area contributed by atoms with Crippen molar-refractivity contribution in [2.24, 2.45) is 0 Å². The number of alkyl halides is 3. The van der Waals surface area contributed by atoms with E-state index < -0.39 is 17.8 Å². The molecule has 1 aliphatic heterocycles. The van der Waals surface area contributed by atoms with Crippen LogP contribution in [0.25, 0.3) is 0 Å². The van der Waals surface area contributed by atoms with E-state index in [9.17, 15) is 18.0 Å². The van der Waals surface area contributed by atoms with Crippen LogP contribution in [0.5, 0.6) is 0 Å². The van der Waals surface area contributed by atoms with E-state index in [0.717, 1.165) is 12.1 Å². The number of amides is 1. The molecule has 1 amide bonds. The van der Waals surface area contributed by atoms with Gasteiger partial charge in [0.25, 0.3) is 5.91 Å². The van der Waals surface area contributed by atoms with Gasteiger partial charge in [-0.3, -0.25) is 4.79 Å². The molecule has 1 heterocycles. The number of benzene rings is 2. The van der Waals surface area contributed by atoms with Crippen molar-refractivity contribution in [3.05, 3.63) is 70.2 Å². The number of morpholine rings is 1. The first-order valence-electron chi connectivity index (χ1n) is 7.68. The summed E-state index contributed by atoms with van der Waals surface area (Å²) in [6.07, 6.45) is -4.83. The molecule has 7 heteroatoms. The maximum absolute atomic E-state index is 12.7. The monoisotopic (exact) mass is 369 g/mol. The molecule has 0 saturated carbocycles. The van der Waals surface area contributed by atoms with Crippen molar-refractivity contribution >= 4 is 17.5 Å². The lowest BCUT2D eigenvalue weighted by molar-refractivity contribution is -0.137. The average Bonchev–Trinajstić information content (AvgIpc) is 2.60. The normalized spacial score (nSPS) is 18.2. The minimum atomic E-state index is -4.37. The Kier molecular flexibility index (Phi) is 5.01. The predicted molar refractivity (Wildman–Crippen MR) is 87.5 cm³/mol. The first kappa shape index (κ1) is 17.8. The van der Waals surface area contributed by atoms with Crippen LogP contribution >= 0.6 is 11.6 Å². The van der Waals surface area contributed by atoms with Gasteiger partial charge in [-0.2, -0.15) is 13.2 Å². The van der Waals surface area contributed by atoms with Crippen LogP contribution in [0.4, 0.5) is 13.2 Å². The molecule has 3 nitrogen and oxygen atoms in total. The summed E-state index contributed by atoms with van der Waals surface area (Å²) in [6.45, 7) is 1.01. The molecule has 132 valence electrons. The Morgan fingerprint density at radius 1 is 1.16 bits per heavy atom. The number of halogens is 4. The fourth-order valence-electron chi connectivity index (χ4n) is 2.73. The van der Waals surface area contributed by atoms with Gasteiger partial charge in [-0.25, -0.2) is 0 Å². The summed E-state index contributed by atoms with van der Waals surface area (Å²) in [6, 6.07) is 11.5. The van der Waals surface area contributed by atoms with Crippen LogP contribution in [0.15, 0.2) is 48.5 Å². The zero-order chi connectivity index (χ0) is 18.0. The second-order valence-corrected chi connectivity index (χ2v) is 6.18. The van der Waals surface area contributed by atoms with E-state index in [1.165, 1.54) is 12.1 Å². The van der Waals surface area contributed by atoms with Crippen LogP contribution in [-0.4, -0.2) is 30.5 Å². The van der Waals surface area contributed by atoms with Crippen LogP contribution < -0.4 is 0 Å². The van der Waals surface area contributed by atoms with Crippen LogP contribution in [0.1, 0.15) is 27.6 Å². The van der Waals surface area contributed by atoms with Crippen LogP contribution in [0.2, 0.25) is 5.02 Å². The third-order valence-corrected chi connectivity index (χ3v) is 4.27. The van der Waals surface area contributed by atoms with Gasteiger partial charge in [-0.15, -0.1) is 0 Å². The highest BCUT2D eigenvalue weighted by Gasteiger charge is 2.31. The number of carbonyl (C=O) groups is 1. The van der Waals surface area contributed by atoms with E-state index in [2.05, 4.69) is 0 Å². The fraction of sp³-hybridized carbons (Fsp3) is 0.278. The molecule has 0 N–H and O–H groups in total. The van der Waals surface area contributed by atoms with E-state index in [-0.39, 0.29) is 12.5 Å². The van der Waals surface area contributed by atoms with Gasteiger partial charge in [-0.1, -0.05) is 29.8 Å². The smallest absolute Gasteiger partial charge is 0.370 e. The number of ether oxygens (including phenoxy) is 1. The molecule has 25 heavy (non-hydrogen) atoms. The maximum Gasteiger partial charge on any atom is 0.416 e. The summed E-state index contributed by atoms with van der Waals surface area (Å²) < 4.78 is 43.6. The molecule has 3 rings (SSSR count). The minimum absolute atomic E-state index is 0.178. The van der Waals surface area contributed by atoms with Crippen molar-refractivity contribution in [2.75, 3.05) is 19.7 Å². The number of hydrogen-bond donors (Lipinski definition) is 0. The topological polar surface area (TPSA) is 29.5 Å². The van der Waals surface area contributed by atoms with Gasteiger partial charge in [0.15, 0.2) is 0 Å². The largest absolute Gasteiger partial charge is 0.416 e. The van der Waals surface area contributed by atoms with Gasteiger partial charge >= 0.3 is 6.18 Å². The highest BCUT2D eigenvalue weighted by Crippen LogP contribution is 2.31. The lowest BCUT2D eigenvalue weighted by Crippen LogP contribution is -2.42. The summed E-state index contributed by atoms with van der Waals surface area (Å²) in [5.74, 6) is -0.178.